The number of aromatic amines is 1. The lowest BCUT2D eigenvalue weighted by atomic mass is 10.4. The second kappa shape index (κ2) is 3.10. The van der Waals surface area contributed by atoms with Crippen molar-refractivity contribution in [3.05, 3.63) is 0 Å². The van der Waals surface area contributed by atoms with Crippen LogP contribution in [0.3, 0.4) is 0 Å². The highest BCUT2D eigenvalue weighted by Crippen LogP contribution is 2.46. The van der Waals surface area contributed by atoms with Gasteiger partial charge in [-0.3, -0.25) is 0 Å². The van der Waals surface area contributed by atoms with E-state index in [-0.39, 0.29) is 0 Å². The highest BCUT2D eigenvalue weighted by molar-refractivity contribution is 8.00. The van der Waals surface area contributed by atoms with Gasteiger partial charge in [-0.25, -0.2) is 5.10 Å². The van der Waals surface area contributed by atoms with Crippen LogP contribution in [-0.2, 0) is 0 Å². The van der Waals surface area contributed by atoms with Crippen molar-refractivity contribution in [1.82, 2.24) is 15.2 Å². The summed E-state index contributed by atoms with van der Waals surface area (Å²) in [6.07, 6.45) is 4.70. The van der Waals surface area contributed by atoms with Gasteiger partial charge in [0.05, 0.1) is 0 Å². The number of nitrogen functional groups attached to an aromatic ring is 1. The SMILES string of the molecule is CSC1(CNc2n[nH]c(N)n2)CC1. The van der Waals surface area contributed by atoms with Gasteiger partial charge in [-0.1, -0.05) is 0 Å². The van der Waals surface area contributed by atoms with Crippen LogP contribution in [0.25, 0.3) is 0 Å². The van der Waals surface area contributed by atoms with E-state index < -0.39 is 0 Å². The zero-order valence-electron chi connectivity index (χ0n) is 7.50. The Morgan fingerprint density at radius 2 is 2.46 bits per heavy atom. The summed E-state index contributed by atoms with van der Waals surface area (Å²) in [5.74, 6) is 0.953. The average molecular weight is 199 g/mol. The zero-order chi connectivity index (χ0) is 9.31. The smallest absolute Gasteiger partial charge is 0.243 e. The lowest BCUT2D eigenvalue weighted by Crippen LogP contribution is -2.18. The molecule has 1 aliphatic rings. The average Bonchev–Trinajstić information content (AvgIpc) is 2.81. The third kappa shape index (κ3) is 1.88. The molecule has 0 aliphatic heterocycles. The van der Waals surface area contributed by atoms with Gasteiger partial charge in [0.25, 0.3) is 0 Å². The molecule has 6 heteroatoms. The van der Waals surface area contributed by atoms with Crippen molar-refractivity contribution in [2.45, 2.75) is 17.6 Å². The Morgan fingerprint density at radius 3 is 2.92 bits per heavy atom. The number of nitrogens with zero attached hydrogens (tertiary/aromatic N) is 2. The van der Waals surface area contributed by atoms with Crippen LogP contribution in [0.15, 0.2) is 0 Å². The topological polar surface area (TPSA) is 79.6 Å². The van der Waals surface area contributed by atoms with Crippen molar-refractivity contribution in [3.8, 4) is 0 Å². The molecule has 0 saturated heterocycles. The third-order valence-electron chi connectivity index (χ3n) is 2.31. The number of hydrogen-bond acceptors (Lipinski definition) is 5. The van der Waals surface area contributed by atoms with Gasteiger partial charge < -0.3 is 11.1 Å². The molecule has 5 nitrogen and oxygen atoms in total. The number of H-pyrrole nitrogens is 1. The van der Waals surface area contributed by atoms with Gasteiger partial charge in [0, 0.05) is 11.3 Å². The molecular weight excluding hydrogens is 186 g/mol. The van der Waals surface area contributed by atoms with E-state index in [1.807, 2.05) is 11.8 Å². The van der Waals surface area contributed by atoms with E-state index in [0.717, 1.165) is 6.54 Å². The summed E-state index contributed by atoms with van der Waals surface area (Å²) in [7, 11) is 0. The van der Waals surface area contributed by atoms with Crippen LogP contribution in [0.5, 0.6) is 0 Å². The Hall–Kier alpha value is -0.910. The molecule has 0 spiro atoms. The number of nitrogens with two attached hydrogens (primary N) is 1. The lowest BCUT2D eigenvalue weighted by molar-refractivity contribution is 0.928. The Morgan fingerprint density at radius 1 is 1.69 bits per heavy atom. The van der Waals surface area contributed by atoms with Crippen molar-refractivity contribution < 1.29 is 0 Å². The van der Waals surface area contributed by atoms with Gasteiger partial charge in [-0.15, -0.1) is 5.10 Å². The summed E-state index contributed by atoms with van der Waals surface area (Å²) in [4.78, 5) is 3.97. The summed E-state index contributed by atoms with van der Waals surface area (Å²) in [5, 5.41) is 9.65. The first-order valence-corrected chi connectivity index (χ1v) is 5.43. The van der Waals surface area contributed by atoms with Gasteiger partial charge in [-0.05, 0) is 19.1 Å². The first kappa shape index (κ1) is 8.68. The Bertz CT molecular complexity index is 293. The standard InChI is InChI=1S/C7H13N5S/c1-13-7(2-3-7)4-9-6-10-5(8)11-12-6/h2-4H2,1H3,(H4,8,9,10,11,12). The molecule has 1 aromatic rings. The molecule has 2 rings (SSSR count). The van der Waals surface area contributed by atoms with Crippen molar-refractivity contribution in [2.75, 3.05) is 23.9 Å². The molecule has 1 aliphatic carbocycles. The number of rotatable bonds is 4. The predicted molar refractivity (Wildman–Crippen MR) is 54.8 cm³/mol. The van der Waals surface area contributed by atoms with Gasteiger partial charge in [0.15, 0.2) is 0 Å². The molecular formula is C7H13N5S. The number of hydrogen-bond donors (Lipinski definition) is 3. The van der Waals surface area contributed by atoms with Gasteiger partial charge in [0.2, 0.25) is 11.9 Å². The van der Waals surface area contributed by atoms with Crippen LogP contribution in [0.2, 0.25) is 0 Å². The van der Waals surface area contributed by atoms with Crippen molar-refractivity contribution >= 4 is 23.7 Å². The van der Waals surface area contributed by atoms with E-state index >= 15 is 0 Å². The molecule has 0 amide bonds. The van der Waals surface area contributed by atoms with E-state index in [2.05, 4.69) is 26.8 Å². The van der Waals surface area contributed by atoms with Crippen molar-refractivity contribution in [2.24, 2.45) is 0 Å². The minimum absolute atomic E-state index is 0.358. The Labute approximate surface area is 80.9 Å². The summed E-state index contributed by atoms with van der Waals surface area (Å²) < 4.78 is 0.426. The first-order valence-electron chi connectivity index (χ1n) is 4.21. The Balaban J connectivity index is 1.86. The molecule has 0 unspecified atom stereocenters. The predicted octanol–water partition coefficient (Wildman–Crippen LogP) is 0.694. The summed E-state index contributed by atoms with van der Waals surface area (Å²) in [6, 6.07) is 0. The van der Waals surface area contributed by atoms with Crippen LogP contribution in [0, 0.1) is 0 Å². The minimum Gasteiger partial charge on any atom is -0.368 e. The molecule has 1 aromatic heterocycles. The molecule has 1 saturated carbocycles. The van der Waals surface area contributed by atoms with E-state index in [0.29, 0.717) is 16.6 Å². The first-order chi connectivity index (χ1) is 6.24. The highest BCUT2D eigenvalue weighted by atomic mass is 32.2. The molecule has 1 heterocycles. The fourth-order valence-electron chi connectivity index (χ4n) is 1.19. The molecule has 4 N–H and O–H groups in total. The fraction of sp³-hybridized carbons (Fsp3) is 0.714. The van der Waals surface area contributed by atoms with Crippen molar-refractivity contribution in [1.29, 1.82) is 0 Å². The maximum Gasteiger partial charge on any atom is 0.243 e. The summed E-state index contributed by atoms with van der Waals surface area (Å²) in [5.41, 5.74) is 5.39. The number of aromatic nitrogens is 3. The molecule has 0 bridgehead atoms. The minimum atomic E-state index is 0.358. The molecule has 0 atom stereocenters. The maximum absolute atomic E-state index is 5.39. The molecule has 72 valence electrons. The third-order valence-corrected chi connectivity index (χ3v) is 3.73. The van der Waals surface area contributed by atoms with Crippen LogP contribution >= 0.6 is 11.8 Å². The van der Waals surface area contributed by atoms with Gasteiger partial charge in [-0.2, -0.15) is 16.7 Å². The monoisotopic (exact) mass is 199 g/mol. The van der Waals surface area contributed by atoms with Gasteiger partial charge in [0.1, 0.15) is 0 Å². The zero-order valence-corrected chi connectivity index (χ0v) is 8.32. The normalized spacial score (nSPS) is 18.5. The second-order valence-corrected chi connectivity index (χ2v) is 4.56. The van der Waals surface area contributed by atoms with E-state index in [4.69, 9.17) is 5.73 Å². The maximum atomic E-state index is 5.39. The number of thioether (sulfide) groups is 1. The fourth-order valence-corrected chi connectivity index (χ4v) is 1.91. The van der Waals surface area contributed by atoms with E-state index in [9.17, 15) is 0 Å². The van der Waals surface area contributed by atoms with Crippen LogP contribution in [0.1, 0.15) is 12.8 Å². The quantitative estimate of drug-likeness (QED) is 0.665. The Kier molecular flexibility index (Phi) is 2.07. The highest BCUT2D eigenvalue weighted by Gasteiger charge is 2.41. The largest absolute Gasteiger partial charge is 0.368 e. The number of anilines is 2. The summed E-state index contributed by atoms with van der Waals surface area (Å²) in [6.45, 7) is 0.922. The molecule has 1 fully saturated rings. The van der Waals surface area contributed by atoms with Crippen LogP contribution in [-0.4, -0.2) is 32.7 Å². The van der Waals surface area contributed by atoms with Crippen molar-refractivity contribution in [3.63, 3.8) is 0 Å². The molecule has 13 heavy (non-hydrogen) atoms. The van der Waals surface area contributed by atoms with Crippen LogP contribution in [0.4, 0.5) is 11.9 Å². The summed E-state index contributed by atoms with van der Waals surface area (Å²) >= 11 is 1.90. The van der Waals surface area contributed by atoms with Crippen LogP contribution < -0.4 is 11.1 Å². The molecule has 0 aromatic carbocycles. The van der Waals surface area contributed by atoms with Gasteiger partial charge >= 0.3 is 0 Å². The second-order valence-electron chi connectivity index (χ2n) is 3.28. The van der Waals surface area contributed by atoms with E-state index in [1.54, 1.807) is 0 Å². The van der Waals surface area contributed by atoms with E-state index in [1.165, 1.54) is 12.8 Å². The molecule has 0 radical (unpaired) electrons. The number of nitrogens with one attached hydrogen (secondary N) is 2. The lowest BCUT2D eigenvalue weighted by Gasteiger charge is -2.10.